The number of carbonyl (C=O) groups is 1. The van der Waals surface area contributed by atoms with Crippen molar-refractivity contribution in [1.82, 2.24) is 15.1 Å². The van der Waals surface area contributed by atoms with E-state index in [1.54, 1.807) is 0 Å². The van der Waals surface area contributed by atoms with Crippen molar-refractivity contribution in [2.45, 2.75) is 32.7 Å². The van der Waals surface area contributed by atoms with E-state index in [0.717, 1.165) is 17.1 Å². The maximum Gasteiger partial charge on any atom is 0.255 e. The summed E-state index contributed by atoms with van der Waals surface area (Å²) in [5.41, 5.74) is 9.23. The highest BCUT2D eigenvalue weighted by molar-refractivity contribution is 5.96. The first-order valence-corrected chi connectivity index (χ1v) is 7.73. The molecule has 1 atom stereocenters. The number of aromatic nitrogens is 2. The van der Waals surface area contributed by atoms with Gasteiger partial charge in [-0.3, -0.25) is 4.79 Å². The Hall–Kier alpha value is -1.85. The number of hydrogen-bond donors (Lipinski definition) is 2. The average Bonchev–Trinajstić information content (AvgIpc) is 3.32. The topological polar surface area (TPSA) is 72.9 Å². The number of para-hydroxylation sites is 1. The van der Waals surface area contributed by atoms with Crippen molar-refractivity contribution in [3.8, 4) is 5.69 Å². The van der Waals surface area contributed by atoms with Gasteiger partial charge >= 0.3 is 0 Å². The Labute approximate surface area is 142 Å². The van der Waals surface area contributed by atoms with Crippen molar-refractivity contribution >= 4 is 18.3 Å². The number of halogens is 1. The molecule has 1 amide bonds. The summed E-state index contributed by atoms with van der Waals surface area (Å²) in [6, 6.07) is 9.89. The SMILES string of the molecule is Cc1nn(-c2ccccc2)c(C)c1C(=O)NCC(N)C1CC1.Cl. The fraction of sp³-hybridized carbons (Fsp3) is 0.412. The number of hydrogen-bond acceptors (Lipinski definition) is 3. The van der Waals surface area contributed by atoms with Gasteiger partial charge in [-0.15, -0.1) is 12.4 Å². The van der Waals surface area contributed by atoms with E-state index in [4.69, 9.17) is 5.73 Å². The molecule has 124 valence electrons. The normalized spacial score (nSPS) is 14.9. The number of rotatable bonds is 5. The highest BCUT2D eigenvalue weighted by Crippen LogP contribution is 2.31. The van der Waals surface area contributed by atoms with Gasteiger partial charge in [0.25, 0.3) is 5.91 Å². The van der Waals surface area contributed by atoms with E-state index in [1.165, 1.54) is 12.8 Å². The summed E-state index contributed by atoms with van der Waals surface area (Å²) in [7, 11) is 0. The van der Waals surface area contributed by atoms with E-state index in [0.29, 0.717) is 18.0 Å². The van der Waals surface area contributed by atoms with Gasteiger partial charge < -0.3 is 11.1 Å². The monoisotopic (exact) mass is 334 g/mol. The Morgan fingerprint density at radius 2 is 2.00 bits per heavy atom. The largest absolute Gasteiger partial charge is 0.350 e. The van der Waals surface area contributed by atoms with Gasteiger partial charge in [0, 0.05) is 12.6 Å². The highest BCUT2D eigenvalue weighted by Gasteiger charge is 2.29. The summed E-state index contributed by atoms with van der Waals surface area (Å²) in [5.74, 6) is 0.489. The van der Waals surface area contributed by atoms with Crippen LogP contribution in [0.4, 0.5) is 0 Å². The minimum absolute atomic E-state index is 0. The van der Waals surface area contributed by atoms with Gasteiger partial charge in [-0.1, -0.05) is 18.2 Å². The van der Waals surface area contributed by atoms with Crippen LogP contribution >= 0.6 is 12.4 Å². The third kappa shape index (κ3) is 3.74. The summed E-state index contributed by atoms with van der Waals surface area (Å²) >= 11 is 0. The van der Waals surface area contributed by atoms with Crippen molar-refractivity contribution in [2.24, 2.45) is 11.7 Å². The summed E-state index contributed by atoms with van der Waals surface area (Å²) < 4.78 is 1.81. The molecule has 0 radical (unpaired) electrons. The molecule has 1 saturated carbocycles. The van der Waals surface area contributed by atoms with Gasteiger partial charge in [-0.25, -0.2) is 4.68 Å². The Morgan fingerprint density at radius 1 is 1.35 bits per heavy atom. The van der Waals surface area contributed by atoms with Crippen LogP contribution < -0.4 is 11.1 Å². The third-order valence-corrected chi connectivity index (χ3v) is 4.24. The van der Waals surface area contributed by atoms with Crippen LogP contribution in [0.5, 0.6) is 0 Å². The molecule has 0 saturated heterocycles. The number of nitrogens with zero attached hydrogens (tertiary/aromatic N) is 2. The quantitative estimate of drug-likeness (QED) is 0.881. The molecule has 3 rings (SSSR count). The fourth-order valence-corrected chi connectivity index (χ4v) is 2.78. The van der Waals surface area contributed by atoms with Crippen LogP contribution in [0.3, 0.4) is 0 Å². The third-order valence-electron chi connectivity index (χ3n) is 4.24. The summed E-state index contributed by atoms with van der Waals surface area (Å²) in [4.78, 5) is 12.5. The fourth-order valence-electron chi connectivity index (χ4n) is 2.78. The molecule has 1 heterocycles. The van der Waals surface area contributed by atoms with Crippen LogP contribution in [0.1, 0.15) is 34.6 Å². The number of aryl methyl sites for hydroxylation is 1. The molecular weight excluding hydrogens is 312 g/mol. The van der Waals surface area contributed by atoms with Crippen LogP contribution in [0.15, 0.2) is 30.3 Å². The molecule has 23 heavy (non-hydrogen) atoms. The highest BCUT2D eigenvalue weighted by atomic mass is 35.5. The summed E-state index contributed by atoms with van der Waals surface area (Å²) in [6.07, 6.45) is 2.36. The first kappa shape index (κ1) is 17.5. The van der Waals surface area contributed by atoms with E-state index in [1.807, 2.05) is 48.9 Å². The lowest BCUT2D eigenvalue weighted by Gasteiger charge is -2.11. The van der Waals surface area contributed by atoms with Crippen molar-refractivity contribution in [3.63, 3.8) is 0 Å². The number of benzene rings is 1. The second kappa shape index (κ2) is 7.15. The van der Waals surface area contributed by atoms with Crippen molar-refractivity contribution in [1.29, 1.82) is 0 Å². The molecule has 2 aromatic rings. The standard InChI is InChI=1S/C17H22N4O.ClH/c1-11-16(17(22)19-10-15(18)13-8-9-13)12(2)21(20-11)14-6-4-3-5-7-14;/h3-7,13,15H,8-10,18H2,1-2H3,(H,19,22);1H. The van der Waals surface area contributed by atoms with Crippen molar-refractivity contribution in [2.75, 3.05) is 6.54 Å². The van der Waals surface area contributed by atoms with Crippen LogP contribution in [0.2, 0.25) is 0 Å². The Kier molecular flexibility index (Phi) is 5.44. The molecule has 1 aliphatic carbocycles. The zero-order chi connectivity index (χ0) is 15.7. The van der Waals surface area contributed by atoms with E-state index in [-0.39, 0.29) is 24.4 Å². The molecule has 1 unspecified atom stereocenters. The molecule has 0 bridgehead atoms. The van der Waals surface area contributed by atoms with Gasteiger partial charge in [0.1, 0.15) is 0 Å². The van der Waals surface area contributed by atoms with Crippen LogP contribution in [-0.4, -0.2) is 28.3 Å². The molecule has 6 heteroatoms. The molecule has 1 aromatic carbocycles. The number of carbonyl (C=O) groups excluding carboxylic acids is 1. The second-order valence-electron chi connectivity index (χ2n) is 6.00. The Bertz CT molecular complexity index is 679. The zero-order valence-electron chi connectivity index (χ0n) is 13.5. The van der Waals surface area contributed by atoms with Gasteiger partial charge in [0.2, 0.25) is 0 Å². The molecule has 0 spiro atoms. The predicted molar refractivity (Wildman–Crippen MR) is 93.3 cm³/mol. The van der Waals surface area contributed by atoms with Crippen LogP contribution in [-0.2, 0) is 0 Å². The van der Waals surface area contributed by atoms with E-state index >= 15 is 0 Å². The summed E-state index contributed by atoms with van der Waals surface area (Å²) in [6.45, 7) is 4.31. The van der Waals surface area contributed by atoms with Crippen molar-refractivity contribution < 1.29 is 4.79 Å². The van der Waals surface area contributed by atoms with Crippen LogP contribution in [0, 0.1) is 19.8 Å². The molecule has 0 aliphatic heterocycles. The van der Waals surface area contributed by atoms with Gasteiger partial charge in [-0.05, 0) is 44.7 Å². The maximum absolute atomic E-state index is 12.5. The lowest BCUT2D eigenvalue weighted by atomic mass is 10.1. The lowest BCUT2D eigenvalue weighted by molar-refractivity contribution is 0.0949. The minimum atomic E-state index is -0.0896. The summed E-state index contributed by atoms with van der Waals surface area (Å²) in [5, 5.41) is 7.45. The lowest BCUT2D eigenvalue weighted by Crippen LogP contribution is -2.38. The van der Waals surface area contributed by atoms with Crippen LogP contribution in [0.25, 0.3) is 5.69 Å². The first-order valence-electron chi connectivity index (χ1n) is 7.73. The van der Waals surface area contributed by atoms with E-state index in [2.05, 4.69) is 10.4 Å². The smallest absolute Gasteiger partial charge is 0.255 e. The van der Waals surface area contributed by atoms with Gasteiger partial charge in [-0.2, -0.15) is 5.10 Å². The minimum Gasteiger partial charge on any atom is -0.350 e. The first-order chi connectivity index (χ1) is 10.6. The second-order valence-corrected chi connectivity index (χ2v) is 6.00. The predicted octanol–water partition coefficient (Wildman–Crippen LogP) is 2.38. The number of nitrogens with one attached hydrogen (secondary N) is 1. The Morgan fingerprint density at radius 3 is 2.61 bits per heavy atom. The van der Waals surface area contributed by atoms with E-state index < -0.39 is 0 Å². The van der Waals surface area contributed by atoms with Gasteiger partial charge in [0.15, 0.2) is 0 Å². The zero-order valence-corrected chi connectivity index (χ0v) is 14.3. The average molecular weight is 335 g/mol. The van der Waals surface area contributed by atoms with Gasteiger partial charge in [0.05, 0.1) is 22.6 Å². The number of nitrogens with two attached hydrogens (primary N) is 1. The molecule has 1 aliphatic rings. The van der Waals surface area contributed by atoms with Crippen molar-refractivity contribution in [3.05, 3.63) is 47.3 Å². The molecule has 3 N–H and O–H groups in total. The Balaban J connectivity index is 0.00000192. The maximum atomic E-state index is 12.5. The molecule has 1 fully saturated rings. The molecule has 1 aromatic heterocycles. The number of amides is 1. The van der Waals surface area contributed by atoms with E-state index in [9.17, 15) is 4.79 Å². The molecule has 5 nitrogen and oxygen atoms in total. The molecular formula is C17H23ClN4O.